The van der Waals surface area contributed by atoms with Crippen LogP contribution < -0.4 is 10.1 Å². The molecule has 2 aromatic carbocycles. The molecule has 27 heavy (non-hydrogen) atoms. The van der Waals surface area contributed by atoms with Gasteiger partial charge in [0, 0.05) is 12.1 Å². The van der Waals surface area contributed by atoms with Gasteiger partial charge in [-0.1, -0.05) is 45.0 Å². The van der Waals surface area contributed by atoms with Crippen molar-refractivity contribution in [3.63, 3.8) is 0 Å². The number of ether oxygens (including phenoxy) is 2. The van der Waals surface area contributed by atoms with Gasteiger partial charge < -0.3 is 14.8 Å². The quantitative estimate of drug-likeness (QED) is 0.746. The molecule has 0 unspecified atom stereocenters. The number of aryl methyl sites for hydroxylation is 1. The Kier molecular flexibility index (Phi) is 6.99. The molecule has 0 atom stereocenters. The molecular weight excluding hydrogens is 342 g/mol. The van der Waals surface area contributed by atoms with E-state index in [-0.39, 0.29) is 17.9 Å². The van der Waals surface area contributed by atoms with Crippen molar-refractivity contribution in [2.24, 2.45) is 0 Å². The third kappa shape index (κ3) is 6.77. The van der Waals surface area contributed by atoms with Crippen molar-refractivity contribution in [2.75, 3.05) is 19.0 Å². The molecule has 144 valence electrons. The number of esters is 1. The van der Waals surface area contributed by atoms with Crippen molar-refractivity contribution < 1.29 is 19.1 Å². The van der Waals surface area contributed by atoms with Gasteiger partial charge in [-0.25, -0.2) is 4.79 Å². The lowest BCUT2D eigenvalue weighted by atomic mass is 9.86. The lowest BCUT2D eigenvalue weighted by Gasteiger charge is -2.19. The Hall–Kier alpha value is -2.82. The highest BCUT2D eigenvalue weighted by molar-refractivity contribution is 5.90. The number of anilines is 1. The van der Waals surface area contributed by atoms with E-state index in [0.29, 0.717) is 24.3 Å². The fourth-order valence-corrected chi connectivity index (χ4v) is 2.49. The zero-order valence-corrected chi connectivity index (χ0v) is 16.4. The highest BCUT2D eigenvalue weighted by Crippen LogP contribution is 2.22. The molecule has 2 rings (SSSR count). The van der Waals surface area contributed by atoms with E-state index in [9.17, 15) is 9.59 Å². The fourth-order valence-electron chi connectivity index (χ4n) is 2.49. The van der Waals surface area contributed by atoms with Crippen molar-refractivity contribution in [1.82, 2.24) is 0 Å². The van der Waals surface area contributed by atoms with Crippen LogP contribution in [0.25, 0.3) is 0 Å². The lowest BCUT2D eigenvalue weighted by Crippen LogP contribution is -2.13. The summed E-state index contributed by atoms with van der Waals surface area (Å²) in [6, 6.07) is 15.3. The van der Waals surface area contributed by atoms with Gasteiger partial charge >= 0.3 is 5.97 Å². The number of hydrogen-bond acceptors (Lipinski definition) is 4. The minimum atomic E-state index is -0.442. The second-order valence-corrected chi connectivity index (χ2v) is 7.38. The first kappa shape index (κ1) is 20.5. The molecule has 2 aromatic rings. The van der Waals surface area contributed by atoms with Crippen molar-refractivity contribution in [3.05, 3.63) is 59.7 Å². The van der Waals surface area contributed by atoms with Crippen molar-refractivity contribution >= 4 is 17.6 Å². The van der Waals surface area contributed by atoms with E-state index in [0.717, 1.165) is 5.56 Å². The molecule has 0 spiro atoms. The summed E-state index contributed by atoms with van der Waals surface area (Å²) < 4.78 is 9.78. The Bertz CT molecular complexity index is 758. The van der Waals surface area contributed by atoms with E-state index in [1.165, 1.54) is 12.7 Å². The molecule has 0 heterocycles. The largest absolute Gasteiger partial charge is 0.482 e. The highest BCUT2D eigenvalue weighted by Gasteiger charge is 2.13. The molecule has 0 fully saturated rings. The van der Waals surface area contributed by atoms with Crippen molar-refractivity contribution in [3.8, 4) is 5.75 Å². The summed E-state index contributed by atoms with van der Waals surface area (Å²) in [5.74, 6) is 0.0541. The maximum absolute atomic E-state index is 12.1. The summed E-state index contributed by atoms with van der Waals surface area (Å²) in [6.45, 7) is 6.40. The molecule has 0 aromatic heterocycles. The minimum absolute atomic E-state index is 0.0434. The third-order valence-corrected chi connectivity index (χ3v) is 4.18. The second kappa shape index (κ2) is 9.21. The van der Waals surface area contributed by atoms with Crippen LogP contribution in [0.2, 0.25) is 0 Å². The Morgan fingerprint density at radius 2 is 1.59 bits per heavy atom. The Morgan fingerprint density at radius 1 is 0.963 bits per heavy atom. The standard InChI is InChI=1S/C22H27NO4/c1-22(2,3)17-8-5-16(6-9-17)7-14-20(24)23-18-10-12-19(13-11-18)27-15-21(25)26-4/h5-6,8-13H,7,14-15H2,1-4H3,(H,23,24). The average molecular weight is 369 g/mol. The van der Waals surface area contributed by atoms with Gasteiger partial charge in [0.25, 0.3) is 0 Å². The van der Waals surface area contributed by atoms with Gasteiger partial charge in [0.2, 0.25) is 5.91 Å². The summed E-state index contributed by atoms with van der Waals surface area (Å²) in [6.07, 6.45) is 1.10. The average Bonchev–Trinajstić information content (AvgIpc) is 2.65. The number of nitrogens with one attached hydrogen (secondary N) is 1. The number of amides is 1. The number of methoxy groups -OCH3 is 1. The molecule has 1 N–H and O–H groups in total. The number of carbonyl (C=O) groups excluding carboxylic acids is 2. The van der Waals surface area contributed by atoms with E-state index < -0.39 is 5.97 Å². The van der Waals surface area contributed by atoms with Gasteiger partial charge in [-0.05, 0) is 47.2 Å². The van der Waals surface area contributed by atoms with Crippen LogP contribution >= 0.6 is 0 Å². The monoisotopic (exact) mass is 369 g/mol. The normalized spacial score (nSPS) is 11.0. The van der Waals surface area contributed by atoms with Crippen LogP contribution in [-0.4, -0.2) is 25.6 Å². The molecule has 5 heteroatoms. The van der Waals surface area contributed by atoms with E-state index >= 15 is 0 Å². The van der Waals surface area contributed by atoms with Gasteiger partial charge in [0.1, 0.15) is 5.75 Å². The predicted molar refractivity (Wildman–Crippen MR) is 106 cm³/mol. The SMILES string of the molecule is COC(=O)COc1ccc(NC(=O)CCc2ccc(C(C)(C)C)cc2)cc1. The molecule has 0 saturated carbocycles. The van der Waals surface area contributed by atoms with E-state index in [1.54, 1.807) is 24.3 Å². The summed E-state index contributed by atoms with van der Waals surface area (Å²) in [5.41, 5.74) is 3.24. The highest BCUT2D eigenvalue weighted by atomic mass is 16.6. The van der Waals surface area contributed by atoms with E-state index in [1.807, 2.05) is 0 Å². The minimum Gasteiger partial charge on any atom is -0.482 e. The smallest absolute Gasteiger partial charge is 0.343 e. The van der Waals surface area contributed by atoms with E-state index in [4.69, 9.17) is 4.74 Å². The Labute approximate surface area is 160 Å². The topological polar surface area (TPSA) is 64.6 Å². The van der Waals surface area contributed by atoms with Crippen LogP contribution in [0.4, 0.5) is 5.69 Å². The second-order valence-electron chi connectivity index (χ2n) is 7.38. The third-order valence-electron chi connectivity index (χ3n) is 4.18. The number of benzene rings is 2. The summed E-state index contributed by atoms with van der Waals surface area (Å²) in [4.78, 5) is 23.2. The molecule has 1 amide bonds. The van der Waals surface area contributed by atoms with Crippen LogP contribution in [0.5, 0.6) is 5.75 Å². The fraction of sp³-hybridized carbons (Fsp3) is 0.364. The Balaban J connectivity index is 1.80. The van der Waals surface area contributed by atoms with Gasteiger partial charge in [-0.3, -0.25) is 4.79 Å². The van der Waals surface area contributed by atoms with Crippen LogP contribution in [0.3, 0.4) is 0 Å². The van der Waals surface area contributed by atoms with Gasteiger partial charge in [0.05, 0.1) is 7.11 Å². The number of carbonyl (C=O) groups is 2. The van der Waals surface area contributed by atoms with Crippen LogP contribution in [0, 0.1) is 0 Å². The molecular formula is C22H27NO4. The maximum atomic E-state index is 12.1. The zero-order valence-electron chi connectivity index (χ0n) is 16.4. The first-order valence-electron chi connectivity index (χ1n) is 8.97. The summed E-state index contributed by atoms with van der Waals surface area (Å²) >= 11 is 0. The van der Waals surface area contributed by atoms with Crippen molar-refractivity contribution in [1.29, 1.82) is 0 Å². The zero-order chi connectivity index (χ0) is 19.9. The molecule has 0 radical (unpaired) electrons. The predicted octanol–water partition coefficient (Wildman–Crippen LogP) is 4.11. The van der Waals surface area contributed by atoms with Crippen LogP contribution in [-0.2, 0) is 26.2 Å². The van der Waals surface area contributed by atoms with Gasteiger partial charge in [-0.15, -0.1) is 0 Å². The molecule has 0 aliphatic heterocycles. The van der Waals surface area contributed by atoms with E-state index in [2.05, 4.69) is 55.1 Å². The van der Waals surface area contributed by atoms with Crippen LogP contribution in [0.15, 0.2) is 48.5 Å². The number of rotatable bonds is 7. The molecule has 0 bridgehead atoms. The van der Waals surface area contributed by atoms with Gasteiger partial charge in [-0.2, -0.15) is 0 Å². The summed E-state index contributed by atoms with van der Waals surface area (Å²) in [5, 5.41) is 2.86. The lowest BCUT2D eigenvalue weighted by molar-refractivity contribution is -0.142. The molecule has 5 nitrogen and oxygen atoms in total. The first-order valence-corrected chi connectivity index (χ1v) is 8.97. The molecule has 0 aliphatic rings. The Morgan fingerprint density at radius 3 is 2.15 bits per heavy atom. The summed E-state index contributed by atoms with van der Waals surface area (Å²) in [7, 11) is 1.31. The van der Waals surface area contributed by atoms with Crippen LogP contribution in [0.1, 0.15) is 38.3 Å². The maximum Gasteiger partial charge on any atom is 0.343 e. The van der Waals surface area contributed by atoms with Gasteiger partial charge in [0.15, 0.2) is 6.61 Å². The molecule has 0 aliphatic carbocycles. The first-order chi connectivity index (χ1) is 12.8. The molecule has 0 saturated heterocycles. The van der Waals surface area contributed by atoms with Crippen molar-refractivity contribution in [2.45, 2.75) is 39.0 Å². The number of hydrogen-bond donors (Lipinski definition) is 1.